The first-order valence-electron chi connectivity index (χ1n) is 5.75. The summed E-state index contributed by atoms with van der Waals surface area (Å²) in [4.78, 5) is 4.45. The van der Waals surface area contributed by atoms with Crippen LogP contribution in [0.25, 0.3) is 0 Å². The molecule has 0 aliphatic heterocycles. The van der Waals surface area contributed by atoms with Gasteiger partial charge in [-0.1, -0.05) is 23.2 Å². The maximum Gasteiger partial charge on any atom is 0.207 e. The quantitative estimate of drug-likeness (QED) is 0.875. The summed E-state index contributed by atoms with van der Waals surface area (Å²) in [6.45, 7) is 6.17. The lowest BCUT2D eigenvalue weighted by molar-refractivity contribution is 0.607. The van der Waals surface area contributed by atoms with Crippen LogP contribution in [0.15, 0.2) is 24.4 Å². The molecule has 18 heavy (non-hydrogen) atoms. The number of aromatic nitrogens is 2. The number of benzene rings is 1. The second kappa shape index (κ2) is 5.21. The average molecular weight is 284 g/mol. The van der Waals surface area contributed by atoms with Gasteiger partial charge in [-0.05, 0) is 39.0 Å². The Kier molecular flexibility index (Phi) is 3.83. The summed E-state index contributed by atoms with van der Waals surface area (Å²) in [5.41, 5.74) is 1.72. The highest BCUT2D eigenvalue weighted by atomic mass is 35.5. The molecule has 0 unspecified atom stereocenters. The molecule has 0 spiro atoms. The highest BCUT2D eigenvalue weighted by Crippen LogP contribution is 2.29. The van der Waals surface area contributed by atoms with E-state index < -0.39 is 0 Å². The maximum absolute atomic E-state index is 6.13. The molecule has 0 bridgehead atoms. The van der Waals surface area contributed by atoms with Gasteiger partial charge in [-0.3, -0.25) is 0 Å². The van der Waals surface area contributed by atoms with E-state index in [2.05, 4.69) is 28.7 Å². The van der Waals surface area contributed by atoms with Gasteiger partial charge in [0.05, 0.1) is 16.4 Å². The first kappa shape index (κ1) is 13.2. The number of anilines is 2. The van der Waals surface area contributed by atoms with Gasteiger partial charge >= 0.3 is 0 Å². The molecule has 1 N–H and O–H groups in total. The second-order valence-electron chi connectivity index (χ2n) is 4.46. The van der Waals surface area contributed by atoms with E-state index in [4.69, 9.17) is 23.2 Å². The van der Waals surface area contributed by atoms with Gasteiger partial charge in [0.2, 0.25) is 5.95 Å². The maximum atomic E-state index is 6.13. The molecule has 0 atom stereocenters. The van der Waals surface area contributed by atoms with Crippen molar-refractivity contribution in [2.75, 3.05) is 5.32 Å². The summed E-state index contributed by atoms with van der Waals surface area (Å²) in [6.07, 6.45) is 2.01. The van der Waals surface area contributed by atoms with Gasteiger partial charge in [-0.15, -0.1) is 0 Å². The van der Waals surface area contributed by atoms with Crippen LogP contribution in [-0.2, 0) is 0 Å². The molecular formula is C13H15Cl2N3. The van der Waals surface area contributed by atoms with E-state index in [1.165, 1.54) is 0 Å². The SMILES string of the molecule is Cc1cn(C(C)C)c(Nc2cc(Cl)ccc2Cl)n1. The number of aryl methyl sites for hydroxylation is 1. The predicted octanol–water partition coefficient (Wildman–Crippen LogP) is 4.82. The van der Waals surface area contributed by atoms with E-state index in [-0.39, 0.29) is 0 Å². The van der Waals surface area contributed by atoms with Gasteiger partial charge in [0.15, 0.2) is 0 Å². The summed E-state index contributed by atoms with van der Waals surface area (Å²) < 4.78 is 2.06. The van der Waals surface area contributed by atoms with E-state index in [1.807, 2.05) is 13.1 Å². The fraction of sp³-hybridized carbons (Fsp3) is 0.308. The summed E-state index contributed by atoms with van der Waals surface area (Å²) in [7, 11) is 0. The van der Waals surface area contributed by atoms with E-state index in [1.54, 1.807) is 18.2 Å². The minimum absolute atomic E-state index is 0.326. The Morgan fingerprint density at radius 2 is 2.00 bits per heavy atom. The highest BCUT2D eigenvalue weighted by Gasteiger charge is 2.10. The van der Waals surface area contributed by atoms with Crippen LogP contribution in [0.4, 0.5) is 11.6 Å². The van der Waals surface area contributed by atoms with Crippen molar-refractivity contribution in [1.29, 1.82) is 0 Å². The molecule has 0 radical (unpaired) electrons. The van der Waals surface area contributed by atoms with Crippen molar-refractivity contribution in [3.8, 4) is 0 Å². The van der Waals surface area contributed by atoms with Gasteiger partial charge in [0, 0.05) is 17.3 Å². The predicted molar refractivity (Wildman–Crippen MR) is 77.1 cm³/mol. The summed E-state index contributed by atoms with van der Waals surface area (Å²) in [6, 6.07) is 5.64. The van der Waals surface area contributed by atoms with Crippen LogP contribution in [0.3, 0.4) is 0 Å². The van der Waals surface area contributed by atoms with Crippen LogP contribution in [0.2, 0.25) is 10.0 Å². The molecule has 2 rings (SSSR count). The van der Waals surface area contributed by atoms with Gasteiger partial charge < -0.3 is 9.88 Å². The molecule has 0 amide bonds. The van der Waals surface area contributed by atoms with Crippen LogP contribution in [-0.4, -0.2) is 9.55 Å². The number of hydrogen-bond donors (Lipinski definition) is 1. The van der Waals surface area contributed by atoms with Crippen molar-refractivity contribution >= 4 is 34.8 Å². The average Bonchev–Trinajstić information content (AvgIpc) is 2.65. The standard InChI is InChI=1S/C13H15Cl2N3/c1-8(2)18-7-9(3)16-13(18)17-12-6-10(14)4-5-11(12)15/h4-8H,1-3H3,(H,16,17). The number of nitrogens with zero attached hydrogens (tertiary/aromatic N) is 2. The number of halogens is 2. The molecule has 0 fully saturated rings. The summed E-state index contributed by atoms with van der Waals surface area (Å²) in [5, 5.41) is 4.48. The highest BCUT2D eigenvalue weighted by molar-refractivity contribution is 6.35. The first-order valence-corrected chi connectivity index (χ1v) is 6.50. The molecule has 0 aliphatic rings. The van der Waals surface area contributed by atoms with E-state index in [0.717, 1.165) is 17.3 Å². The Bertz CT molecular complexity index is 561. The molecule has 1 aromatic carbocycles. The lowest BCUT2D eigenvalue weighted by atomic mass is 10.3. The van der Waals surface area contributed by atoms with Crippen molar-refractivity contribution in [1.82, 2.24) is 9.55 Å². The van der Waals surface area contributed by atoms with Crippen molar-refractivity contribution < 1.29 is 0 Å². The van der Waals surface area contributed by atoms with Crippen molar-refractivity contribution in [2.24, 2.45) is 0 Å². The Labute approximate surface area is 117 Å². The van der Waals surface area contributed by atoms with Gasteiger partial charge in [-0.2, -0.15) is 0 Å². The molecule has 96 valence electrons. The number of nitrogens with one attached hydrogen (secondary N) is 1. The Morgan fingerprint density at radius 3 is 2.67 bits per heavy atom. The van der Waals surface area contributed by atoms with Gasteiger partial charge in [-0.25, -0.2) is 4.98 Å². The van der Waals surface area contributed by atoms with Crippen LogP contribution in [0.1, 0.15) is 25.6 Å². The molecule has 3 nitrogen and oxygen atoms in total. The molecule has 0 aliphatic carbocycles. The number of rotatable bonds is 3. The minimum atomic E-state index is 0.326. The summed E-state index contributed by atoms with van der Waals surface area (Å²) >= 11 is 12.1. The van der Waals surface area contributed by atoms with Crippen LogP contribution in [0, 0.1) is 6.92 Å². The fourth-order valence-corrected chi connectivity index (χ4v) is 2.05. The molecule has 1 aromatic heterocycles. The topological polar surface area (TPSA) is 29.9 Å². The third-order valence-electron chi connectivity index (χ3n) is 2.58. The zero-order chi connectivity index (χ0) is 13.3. The van der Waals surface area contributed by atoms with E-state index in [0.29, 0.717) is 16.1 Å². The number of hydrogen-bond acceptors (Lipinski definition) is 2. The zero-order valence-corrected chi connectivity index (χ0v) is 12.0. The number of imidazole rings is 1. The van der Waals surface area contributed by atoms with Crippen LogP contribution < -0.4 is 5.32 Å². The second-order valence-corrected chi connectivity index (χ2v) is 5.30. The van der Waals surface area contributed by atoms with E-state index >= 15 is 0 Å². The minimum Gasteiger partial charge on any atom is -0.324 e. The molecule has 1 heterocycles. The Morgan fingerprint density at radius 1 is 1.28 bits per heavy atom. The van der Waals surface area contributed by atoms with Crippen LogP contribution >= 0.6 is 23.2 Å². The monoisotopic (exact) mass is 283 g/mol. The van der Waals surface area contributed by atoms with Gasteiger partial charge in [0.1, 0.15) is 0 Å². The molecular weight excluding hydrogens is 269 g/mol. The molecule has 0 saturated carbocycles. The van der Waals surface area contributed by atoms with Crippen LogP contribution in [0.5, 0.6) is 0 Å². The lowest BCUT2D eigenvalue weighted by Crippen LogP contribution is -2.05. The van der Waals surface area contributed by atoms with Gasteiger partial charge in [0.25, 0.3) is 0 Å². The first-order chi connectivity index (χ1) is 8.47. The normalized spacial score (nSPS) is 11.0. The van der Waals surface area contributed by atoms with E-state index in [9.17, 15) is 0 Å². The Hall–Kier alpha value is -1.19. The molecule has 5 heteroatoms. The lowest BCUT2D eigenvalue weighted by Gasteiger charge is -2.13. The third kappa shape index (κ3) is 2.79. The Balaban J connectivity index is 2.36. The van der Waals surface area contributed by atoms with Crippen molar-refractivity contribution in [3.05, 3.63) is 40.1 Å². The fourth-order valence-electron chi connectivity index (χ4n) is 1.72. The third-order valence-corrected chi connectivity index (χ3v) is 3.15. The van der Waals surface area contributed by atoms with Crippen molar-refractivity contribution in [3.63, 3.8) is 0 Å². The smallest absolute Gasteiger partial charge is 0.207 e. The molecule has 2 aromatic rings. The zero-order valence-electron chi connectivity index (χ0n) is 10.5. The van der Waals surface area contributed by atoms with Crippen molar-refractivity contribution in [2.45, 2.75) is 26.8 Å². The largest absolute Gasteiger partial charge is 0.324 e. The molecule has 0 saturated heterocycles. The summed E-state index contributed by atoms with van der Waals surface area (Å²) in [5.74, 6) is 0.770.